The van der Waals surface area contributed by atoms with Gasteiger partial charge in [0.15, 0.2) is 0 Å². The number of likely N-dealkylation sites (N-methyl/N-ethyl adjacent to an activating group) is 1. The fourth-order valence-electron chi connectivity index (χ4n) is 6.17. The molecule has 0 spiro atoms. The average molecular weight is 538 g/mol. The maximum Gasteiger partial charge on any atom is 0.337 e. The standard InChI is InChI=1S/C33H39N5O2/c1-35-17-19-37(20-18-35)31-6-4-3-5-29(31)24-36-14-11-26(12-15-36)30-21-28-13-16-38(32(28)34-22-30)23-25-7-9-27(10-8-25)33(39)40-2/h3-10,13,16,21-22,26H,11-12,14-15,17-20,23-24H2,1-2H3. The topological polar surface area (TPSA) is 53.8 Å². The highest BCUT2D eigenvalue weighted by Gasteiger charge is 2.23. The maximum absolute atomic E-state index is 11.7. The molecule has 7 heteroatoms. The van der Waals surface area contributed by atoms with Crippen molar-refractivity contribution >= 4 is 22.7 Å². The van der Waals surface area contributed by atoms with E-state index >= 15 is 0 Å². The molecule has 2 aromatic heterocycles. The zero-order valence-electron chi connectivity index (χ0n) is 23.6. The van der Waals surface area contributed by atoms with Crippen LogP contribution in [-0.4, -0.2) is 78.7 Å². The Labute approximate surface area is 237 Å². The number of piperidine rings is 1. The number of ether oxygens (including phenoxy) is 1. The predicted octanol–water partition coefficient (Wildman–Crippen LogP) is 5.00. The van der Waals surface area contributed by atoms with E-state index in [0.29, 0.717) is 18.0 Å². The number of pyridine rings is 1. The number of benzene rings is 2. The minimum atomic E-state index is -0.312. The molecule has 2 aliphatic rings. The molecule has 0 saturated carbocycles. The number of fused-ring (bicyclic) bond motifs is 1. The van der Waals surface area contributed by atoms with Crippen LogP contribution in [0.15, 0.2) is 73.1 Å². The first-order valence-electron chi connectivity index (χ1n) is 14.4. The van der Waals surface area contributed by atoms with Gasteiger partial charge in [-0.25, -0.2) is 9.78 Å². The van der Waals surface area contributed by atoms with E-state index in [1.807, 2.05) is 24.3 Å². The number of carbonyl (C=O) groups excluding carboxylic acids is 1. The molecule has 6 rings (SSSR count). The third kappa shape index (κ3) is 5.76. The molecule has 40 heavy (non-hydrogen) atoms. The number of hydrogen-bond acceptors (Lipinski definition) is 6. The predicted molar refractivity (Wildman–Crippen MR) is 160 cm³/mol. The second-order valence-corrected chi connectivity index (χ2v) is 11.3. The number of piperazine rings is 1. The SMILES string of the molecule is COC(=O)c1ccc(Cn2ccc3cc(C4CCN(Cc5ccccc5N5CCN(C)CC5)CC4)cnc32)cc1. The lowest BCUT2D eigenvalue weighted by Gasteiger charge is -2.37. The first-order valence-corrected chi connectivity index (χ1v) is 14.4. The lowest BCUT2D eigenvalue weighted by Crippen LogP contribution is -2.45. The monoisotopic (exact) mass is 537 g/mol. The van der Waals surface area contributed by atoms with Crippen molar-refractivity contribution in [3.63, 3.8) is 0 Å². The number of rotatable bonds is 7. The summed E-state index contributed by atoms with van der Waals surface area (Å²) in [4.78, 5) is 24.2. The van der Waals surface area contributed by atoms with Crippen molar-refractivity contribution in [3.05, 3.63) is 95.3 Å². The summed E-state index contributed by atoms with van der Waals surface area (Å²) in [6.07, 6.45) is 6.52. The van der Waals surface area contributed by atoms with Gasteiger partial charge in [-0.05, 0) is 85.9 Å². The Morgan fingerprint density at radius 1 is 0.925 bits per heavy atom. The summed E-state index contributed by atoms with van der Waals surface area (Å²) in [5, 5.41) is 1.19. The number of para-hydroxylation sites is 1. The van der Waals surface area contributed by atoms with E-state index in [0.717, 1.165) is 69.9 Å². The minimum absolute atomic E-state index is 0.312. The van der Waals surface area contributed by atoms with Crippen LogP contribution in [0, 0.1) is 0 Å². The number of nitrogens with zero attached hydrogens (tertiary/aromatic N) is 5. The molecule has 4 aromatic rings. The Morgan fingerprint density at radius 3 is 2.42 bits per heavy atom. The molecule has 0 bridgehead atoms. The normalized spacial score (nSPS) is 17.4. The van der Waals surface area contributed by atoms with Crippen molar-refractivity contribution in [3.8, 4) is 0 Å². The largest absolute Gasteiger partial charge is 0.465 e. The number of anilines is 1. The maximum atomic E-state index is 11.7. The Kier molecular flexibility index (Phi) is 7.84. The summed E-state index contributed by atoms with van der Waals surface area (Å²) >= 11 is 0. The van der Waals surface area contributed by atoms with Crippen molar-refractivity contribution in [1.82, 2.24) is 19.4 Å². The number of aromatic nitrogens is 2. The molecule has 0 atom stereocenters. The van der Waals surface area contributed by atoms with Crippen LogP contribution in [0.4, 0.5) is 5.69 Å². The van der Waals surface area contributed by atoms with Gasteiger partial charge in [-0.3, -0.25) is 4.90 Å². The molecule has 2 aromatic carbocycles. The van der Waals surface area contributed by atoms with Gasteiger partial charge >= 0.3 is 5.97 Å². The highest BCUT2D eigenvalue weighted by Crippen LogP contribution is 2.31. The van der Waals surface area contributed by atoms with Gasteiger partial charge in [-0.1, -0.05) is 30.3 Å². The fourth-order valence-corrected chi connectivity index (χ4v) is 6.17. The Hall–Kier alpha value is -3.68. The third-order valence-corrected chi connectivity index (χ3v) is 8.64. The zero-order valence-corrected chi connectivity index (χ0v) is 23.6. The van der Waals surface area contributed by atoms with Gasteiger partial charge in [0.05, 0.1) is 12.7 Å². The van der Waals surface area contributed by atoms with Crippen LogP contribution in [-0.2, 0) is 17.8 Å². The zero-order chi connectivity index (χ0) is 27.5. The summed E-state index contributed by atoms with van der Waals surface area (Å²) in [6, 6.07) is 21.1. The van der Waals surface area contributed by atoms with Crippen LogP contribution in [0.2, 0.25) is 0 Å². The molecule has 0 N–H and O–H groups in total. The molecule has 0 amide bonds. The van der Waals surface area contributed by atoms with Gasteiger partial charge in [0.1, 0.15) is 5.65 Å². The highest BCUT2D eigenvalue weighted by atomic mass is 16.5. The molecular weight excluding hydrogens is 498 g/mol. The summed E-state index contributed by atoms with van der Waals surface area (Å²) in [5.41, 5.74) is 6.91. The van der Waals surface area contributed by atoms with Crippen LogP contribution in [0.3, 0.4) is 0 Å². The van der Waals surface area contributed by atoms with Crippen LogP contribution in [0.1, 0.15) is 45.8 Å². The number of carbonyl (C=O) groups is 1. The van der Waals surface area contributed by atoms with Gasteiger partial charge < -0.3 is 19.1 Å². The second-order valence-electron chi connectivity index (χ2n) is 11.3. The van der Waals surface area contributed by atoms with Gasteiger partial charge in [0.2, 0.25) is 0 Å². The third-order valence-electron chi connectivity index (χ3n) is 8.64. The van der Waals surface area contributed by atoms with Gasteiger partial charge in [0.25, 0.3) is 0 Å². The molecule has 2 saturated heterocycles. The Morgan fingerprint density at radius 2 is 1.68 bits per heavy atom. The molecule has 2 fully saturated rings. The molecule has 0 radical (unpaired) electrons. The highest BCUT2D eigenvalue weighted by molar-refractivity contribution is 5.89. The summed E-state index contributed by atoms with van der Waals surface area (Å²) in [6.45, 7) is 8.44. The lowest BCUT2D eigenvalue weighted by molar-refractivity contribution is 0.0600. The first-order chi connectivity index (χ1) is 19.6. The van der Waals surface area contributed by atoms with Crippen LogP contribution in [0.25, 0.3) is 11.0 Å². The Bertz CT molecular complexity index is 1450. The smallest absolute Gasteiger partial charge is 0.337 e. The van der Waals surface area contributed by atoms with Crippen LogP contribution in [0.5, 0.6) is 0 Å². The van der Waals surface area contributed by atoms with E-state index in [4.69, 9.17) is 9.72 Å². The number of esters is 1. The number of likely N-dealkylation sites (tertiary alicyclic amines) is 1. The summed E-state index contributed by atoms with van der Waals surface area (Å²) in [7, 11) is 3.62. The molecule has 7 nitrogen and oxygen atoms in total. The molecule has 0 unspecified atom stereocenters. The van der Waals surface area contributed by atoms with E-state index in [1.54, 1.807) is 0 Å². The van der Waals surface area contributed by atoms with Crippen molar-refractivity contribution < 1.29 is 9.53 Å². The van der Waals surface area contributed by atoms with E-state index in [2.05, 4.69) is 75.1 Å². The summed E-state index contributed by atoms with van der Waals surface area (Å²) < 4.78 is 6.98. The van der Waals surface area contributed by atoms with E-state index in [-0.39, 0.29) is 5.97 Å². The molecule has 2 aliphatic heterocycles. The number of hydrogen-bond donors (Lipinski definition) is 0. The van der Waals surface area contributed by atoms with Crippen molar-refractivity contribution in [2.24, 2.45) is 0 Å². The quantitative estimate of drug-likeness (QED) is 0.309. The van der Waals surface area contributed by atoms with Gasteiger partial charge in [0, 0.05) is 62.7 Å². The van der Waals surface area contributed by atoms with Crippen LogP contribution >= 0.6 is 0 Å². The molecule has 208 valence electrons. The van der Waals surface area contributed by atoms with Crippen molar-refractivity contribution in [2.75, 3.05) is 58.3 Å². The van der Waals surface area contributed by atoms with E-state index in [9.17, 15) is 4.79 Å². The van der Waals surface area contributed by atoms with Crippen molar-refractivity contribution in [1.29, 1.82) is 0 Å². The minimum Gasteiger partial charge on any atom is -0.465 e. The van der Waals surface area contributed by atoms with Gasteiger partial charge in [-0.2, -0.15) is 0 Å². The summed E-state index contributed by atoms with van der Waals surface area (Å²) in [5.74, 6) is 0.240. The fraction of sp³-hybridized carbons (Fsp3) is 0.394. The molecular formula is C33H39N5O2. The average Bonchev–Trinajstić information content (AvgIpc) is 3.40. The lowest BCUT2D eigenvalue weighted by atomic mass is 9.90. The Balaban J connectivity index is 1.07. The van der Waals surface area contributed by atoms with E-state index < -0.39 is 0 Å². The van der Waals surface area contributed by atoms with Crippen molar-refractivity contribution in [2.45, 2.75) is 31.8 Å². The van der Waals surface area contributed by atoms with Gasteiger partial charge in [-0.15, -0.1) is 0 Å². The van der Waals surface area contributed by atoms with E-state index in [1.165, 1.54) is 29.3 Å². The second kappa shape index (κ2) is 11.8. The number of methoxy groups -OCH3 is 1. The first kappa shape index (κ1) is 26.5. The van der Waals surface area contributed by atoms with Crippen LogP contribution < -0.4 is 4.90 Å². The molecule has 4 heterocycles. The molecule has 0 aliphatic carbocycles.